The van der Waals surface area contributed by atoms with E-state index in [0.717, 1.165) is 5.56 Å². The first-order valence-corrected chi connectivity index (χ1v) is 6.72. The summed E-state index contributed by atoms with van der Waals surface area (Å²) in [6.07, 6.45) is 0.189. The van der Waals surface area contributed by atoms with Gasteiger partial charge < -0.3 is 0 Å². The highest BCUT2D eigenvalue weighted by atomic mass is 35.5. The minimum atomic E-state index is -0.417. The van der Waals surface area contributed by atoms with Crippen LogP contribution in [0.1, 0.15) is 17.9 Å². The topological polar surface area (TPSA) is 37.4 Å². The molecule has 0 bridgehead atoms. The van der Waals surface area contributed by atoms with Crippen molar-refractivity contribution >= 4 is 29.1 Å². The lowest BCUT2D eigenvalue weighted by Gasteiger charge is -2.16. The average Bonchev–Trinajstić information content (AvgIpc) is 2.76. The Balaban J connectivity index is 1.98. The van der Waals surface area contributed by atoms with E-state index in [0.29, 0.717) is 10.7 Å². The number of para-hydroxylation sites is 1. The molecule has 2 aromatic rings. The second-order valence-corrected chi connectivity index (χ2v) is 5.09. The third-order valence-electron chi connectivity index (χ3n) is 3.44. The van der Waals surface area contributed by atoms with E-state index in [1.807, 2.05) is 30.3 Å². The van der Waals surface area contributed by atoms with Crippen molar-refractivity contribution in [3.63, 3.8) is 0 Å². The van der Waals surface area contributed by atoms with Gasteiger partial charge in [-0.15, -0.1) is 0 Å². The van der Waals surface area contributed by atoms with Crippen LogP contribution in [-0.2, 0) is 9.59 Å². The maximum Gasteiger partial charge on any atom is 0.241 e. The number of rotatable bonds is 2. The van der Waals surface area contributed by atoms with E-state index in [2.05, 4.69) is 0 Å². The summed E-state index contributed by atoms with van der Waals surface area (Å²) in [5, 5.41) is 0.405. The van der Waals surface area contributed by atoms with Crippen LogP contribution < -0.4 is 4.90 Å². The maximum absolute atomic E-state index is 12.5. The quantitative estimate of drug-likeness (QED) is 0.793. The van der Waals surface area contributed by atoms with E-state index in [-0.39, 0.29) is 18.2 Å². The predicted molar refractivity (Wildman–Crippen MR) is 77.7 cm³/mol. The SMILES string of the molecule is O=C1C[C@H](c2ccccc2)C(=O)N1c1ccccc1Cl. The molecule has 3 rings (SSSR count). The van der Waals surface area contributed by atoms with Crippen molar-refractivity contribution < 1.29 is 9.59 Å². The minimum absolute atomic E-state index is 0.189. The third kappa shape index (κ3) is 2.10. The van der Waals surface area contributed by atoms with Crippen LogP contribution >= 0.6 is 11.6 Å². The van der Waals surface area contributed by atoms with Gasteiger partial charge in [0.05, 0.1) is 16.6 Å². The molecule has 2 amide bonds. The van der Waals surface area contributed by atoms with Crippen LogP contribution in [0.25, 0.3) is 0 Å². The second kappa shape index (κ2) is 5.10. The van der Waals surface area contributed by atoms with Crippen molar-refractivity contribution in [3.05, 3.63) is 65.2 Å². The molecule has 0 saturated carbocycles. The molecule has 1 fully saturated rings. The molecule has 2 aromatic carbocycles. The summed E-state index contributed by atoms with van der Waals surface area (Å²) < 4.78 is 0. The van der Waals surface area contributed by atoms with E-state index in [9.17, 15) is 9.59 Å². The zero-order valence-corrected chi connectivity index (χ0v) is 11.4. The van der Waals surface area contributed by atoms with Crippen LogP contribution in [0, 0.1) is 0 Å². The number of carbonyl (C=O) groups is 2. The summed E-state index contributed by atoms with van der Waals surface area (Å²) in [5.41, 5.74) is 1.32. The fourth-order valence-corrected chi connectivity index (χ4v) is 2.68. The highest BCUT2D eigenvalue weighted by Gasteiger charge is 2.40. The van der Waals surface area contributed by atoms with E-state index in [1.54, 1.807) is 24.3 Å². The van der Waals surface area contributed by atoms with E-state index in [4.69, 9.17) is 11.6 Å². The molecule has 1 atom stereocenters. The van der Waals surface area contributed by atoms with Gasteiger partial charge in [0, 0.05) is 6.42 Å². The summed E-state index contributed by atoms with van der Waals surface area (Å²) in [6.45, 7) is 0. The molecule has 3 nitrogen and oxygen atoms in total. The molecule has 0 unspecified atom stereocenters. The summed E-state index contributed by atoms with van der Waals surface area (Å²) in [7, 11) is 0. The number of halogens is 1. The molecule has 100 valence electrons. The molecular formula is C16H12ClNO2. The van der Waals surface area contributed by atoms with Gasteiger partial charge in [0.1, 0.15) is 0 Å². The highest BCUT2D eigenvalue weighted by molar-refractivity contribution is 6.36. The largest absolute Gasteiger partial charge is 0.274 e. The molecule has 0 spiro atoms. The molecule has 1 saturated heterocycles. The van der Waals surface area contributed by atoms with E-state index >= 15 is 0 Å². The summed E-state index contributed by atoms with van der Waals surface area (Å²) in [5.74, 6) is -0.841. The minimum Gasteiger partial charge on any atom is -0.274 e. The predicted octanol–water partition coefficient (Wildman–Crippen LogP) is 3.39. The fourth-order valence-electron chi connectivity index (χ4n) is 2.46. The Labute approximate surface area is 121 Å². The van der Waals surface area contributed by atoms with Crippen molar-refractivity contribution in [3.8, 4) is 0 Å². The summed E-state index contributed by atoms with van der Waals surface area (Å²) >= 11 is 6.08. The molecule has 1 aliphatic heterocycles. The smallest absolute Gasteiger partial charge is 0.241 e. The maximum atomic E-state index is 12.5. The normalized spacial score (nSPS) is 18.6. The Bertz CT molecular complexity index is 669. The zero-order chi connectivity index (χ0) is 14.1. The van der Waals surface area contributed by atoms with Crippen LogP contribution in [0.15, 0.2) is 54.6 Å². The van der Waals surface area contributed by atoms with Crippen molar-refractivity contribution in [2.75, 3.05) is 4.90 Å². The van der Waals surface area contributed by atoms with E-state index < -0.39 is 5.92 Å². The van der Waals surface area contributed by atoms with Gasteiger partial charge in [-0.2, -0.15) is 0 Å². The number of nitrogens with zero attached hydrogens (tertiary/aromatic N) is 1. The van der Waals surface area contributed by atoms with Gasteiger partial charge in [0.15, 0.2) is 0 Å². The number of amides is 2. The molecule has 1 aliphatic rings. The first-order chi connectivity index (χ1) is 9.68. The Morgan fingerprint density at radius 3 is 2.30 bits per heavy atom. The summed E-state index contributed by atoms with van der Waals surface area (Å²) in [6, 6.07) is 16.2. The summed E-state index contributed by atoms with van der Waals surface area (Å²) in [4.78, 5) is 25.9. The van der Waals surface area contributed by atoms with Gasteiger partial charge in [-0.25, -0.2) is 4.90 Å². The number of hydrogen-bond acceptors (Lipinski definition) is 2. The second-order valence-electron chi connectivity index (χ2n) is 4.69. The monoisotopic (exact) mass is 285 g/mol. The van der Waals surface area contributed by atoms with E-state index in [1.165, 1.54) is 4.90 Å². The highest BCUT2D eigenvalue weighted by Crippen LogP contribution is 2.35. The number of hydrogen-bond donors (Lipinski definition) is 0. The third-order valence-corrected chi connectivity index (χ3v) is 3.76. The van der Waals surface area contributed by atoms with Gasteiger partial charge in [0.25, 0.3) is 0 Å². The standard InChI is InChI=1S/C16H12ClNO2/c17-13-8-4-5-9-14(13)18-15(19)10-12(16(18)20)11-6-2-1-3-7-11/h1-9,12H,10H2/t12-/m1/s1. The van der Waals surface area contributed by atoms with Crippen LogP contribution in [0.5, 0.6) is 0 Å². The number of imide groups is 1. The van der Waals surface area contributed by atoms with Crippen LogP contribution in [-0.4, -0.2) is 11.8 Å². The van der Waals surface area contributed by atoms with Gasteiger partial charge in [-0.3, -0.25) is 9.59 Å². The molecule has 1 heterocycles. The lowest BCUT2D eigenvalue weighted by atomic mass is 9.98. The van der Waals surface area contributed by atoms with Crippen LogP contribution in [0.3, 0.4) is 0 Å². The number of benzene rings is 2. The molecule has 20 heavy (non-hydrogen) atoms. The lowest BCUT2D eigenvalue weighted by Crippen LogP contribution is -2.30. The molecular weight excluding hydrogens is 274 g/mol. The molecule has 4 heteroatoms. The average molecular weight is 286 g/mol. The number of anilines is 1. The fraction of sp³-hybridized carbons (Fsp3) is 0.125. The molecule has 0 radical (unpaired) electrons. The van der Waals surface area contributed by atoms with Crippen LogP contribution in [0.2, 0.25) is 5.02 Å². The first kappa shape index (κ1) is 12.9. The lowest BCUT2D eigenvalue weighted by molar-refractivity contribution is -0.121. The van der Waals surface area contributed by atoms with Crippen LogP contribution in [0.4, 0.5) is 5.69 Å². The number of carbonyl (C=O) groups excluding carboxylic acids is 2. The van der Waals surface area contributed by atoms with Gasteiger partial charge in [-0.1, -0.05) is 54.1 Å². The Morgan fingerprint density at radius 1 is 0.950 bits per heavy atom. The Kier molecular flexibility index (Phi) is 3.28. The van der Waals surface area contributed by atoms with Crippen molar-refractivity contribution in [2.45, 2.75) is 12.3 Å². The van der Waals surface area contributed by atoms with Gasteiger partial charge in [-0.05, 0) is 17.7 Å². The van der Waals surface area contributed by atoms with Crippen molar-refractivity contribution in [2.24, 2.45) is 0 Å². The molecule has 0 N–H and O–H groups in total. The molecule has 0 aromatic heterocycles. The van der Waals surface area contributed by atoms with Gasteiger partial charge in [0.2, 0.25) is 11.8 Å². The molecule has 0 aliphatic carbocycles. The Morgan fingerprint density at radius 2 is 1.60 bits per heavy atom. The van der Waals surface area contributed by atoms with Crippen molar-refractivity contribution in [1.29, 1.82) is 0 Å². The van der Waals surface area contributed by atoms with Crippen molar-refractivity contribution in [1.82, 2.24) is 0 Å². The van der Waals surface area contributed by atoms with Gasteiger partial charge >= 0.3 is 0 Å². The first-order valence-electron chi connectivity index (χ1n) is 6.35. The Hall–Kier alpha value is -2.13. The zero-order valence-electron chi connectivity index (χ0n) is 10.6.